The highest BCUT2D eigenvalue weighted by molar-refractivity contribution is 5.89. The Morgan fingerprint density at radius 2 is 1.61 bits per heavy atom. The van der Waals surface area contributed by atoms with Gasteiger partial charge in [0, 0.05) is 23.1 Å². The molecule has 0 saturated carbocycles. The van der Waals surface area contributed by atoms with Crippen molar-refractivity contribution >= 4 is 29.1 Å². The maximum Gasteiger partial charge on any atom is 0.338 e. The van der Waals surface area contributed by atoms with Crippen molar-refractivity contribution in [3.05, 3.63) is 70.9 Å². The summed E-state index contributed by atoms with van der Waals surface area (Å²) in [6.07, 6.45) is 0. The van der Waals surface area contributed by atoms with Crippen LogP contribution in [-0.2, 0) is 4.74 Å². The van der Waals surface area contributed by atoms with Gasteiger partial charge in [0.25, 0.3) is 0 Å². The van der Waals surface area contributed by atoms with Gasteiger partial charge in [-0.25, -0.2) is 9.78 Å². The van der Waals surface area contributed by atoms with Crippen molar-refractivity contribution < 1.29 is 9.53 Å². The van der Waals surface area contributed by atoms with E-state index < -0.39 is 0 Å². The first-order valence-corrected chi connectivity index (χ1v) is 9.19. The number of ether oxygens (including phenoxy) is 1. The average Bonchev–Trinajstić information content (AvgIpc) is 2.65. The van der Waals surface area contributed by atoms with Crippen LogP contribution in [0.4, 0.5) is 23.1 Å². The van der Waals surface area contributed by atoms with Crippen LogP contribution in [0, 0.1) is 20.8 Å². The minimum Gasteiger partial charge on any atom is -0.462 e. The van der Waals surface area contributed by atoms with Crippen LogP contribution in [0.5, 0.6) is 0 Å². The summed E-state index contributed by atoms with van der Waals surface area (Å²) in [6.45, 7) is 8.23. The monoisotopic (exact) mass is 376 g/mol. The van der Waals surface area contributed by atoms with E-state index in [9.17, 15) is 4.79 Å². The Kier molecular flexibility index (Phi) is 5.89. The normalized spacial score (nSPS) is 10.4. The van der Waals surface area contributed by atoms with Crippen LogP contribution in [0.3, 0.4) is 0 Å². The Morgan fingerprint density at radius 1 is 0.893 bits per heavy atom. The van der Waals surface area contributed by atoms with Gasteiger partial charge >= 0.3 is 5.97 Å². The second-order valence-corrected chi connectivity index (χ2v) is 6.57. The number of benzene rings is 2. The van der Waals surface area contributed by atoms with Crippen LogP contribution < -0.4 is 10.6 Å². The molecule has 0 amide bonds. The van der Waals surface area contributed by atoms with Crippen molar-refractivity contribution in [2.45, 2.75) is 27.7 Å². The van der Waals surface area contributed by atoms with Crippen molar-refractivity contribution in [3.63, 3.8) is 0 Å². The van der Waals surface area contributed by atoms with Crippen LogP contribution in [-0.4, -0.2) is 22.5 Å². The van der Waals surface area contributed by atoms with Crippen molar-refractivity contribution in [2.24, 2.45) is 0 Å². The van der Waals surface area contributed by atoms with Gasteiger partial charge in [-0.15, -0.1) is 0 Å². The zero-order chi connectivity index (χ0) is 20.1. The van der Waals surface area contributed by atoms with Crippen molar-refractivity contribution in [1.82, 2.24) is 9.97 Å². The molecule has 6 nitrogen and oxygen atoms in total. The fourth-order valence-electron chi connectivity index (χ4n) is 2.69. The minimum absolute atomic E-state index is 0.333. The largest absolute Gasteiger partial charge is 0.462 e. The average molecular weight is 376 g/mol. The topological polar surface area (TPSA) is 76.1 Å². The smallest absolute Gasteiger partial charge is 0.338 e. The molecule has 0 aliphatic heterocycles. The van der Waals surface area contributed by atoms with E-state index in [0.29, 0.717) is 23.9 Å². The number of esters is 1. The molecular weight excluding hydrogens is 352 g/mol. The summed E-state index contributed by atoms with van der Waals surface area (Å²) in [5.41, 5.74) is 5.58. The Balaban J connectivity index is 1.76. The quantitative estimate of drug-likeness (QED) is 0.585. The number of anilines is 4. The van der Waals surface area contributed by atoms with Gasteiger partial charge in [0.2, 0.25) is 5.95 Å². The van der Waals surface area contributed by atoms with Gasteiger partial charge < -0.3 is 15.4 Å². The maximum atomic E-state index is 11.7. The number of aryl methyl sites for hydroxylation is 3. The summed E-state index contributed by atoms with van der Waals surface area (Å²) in [6, 6.07) is 15.1. The van der Waals surface area contributed by atoms with Crippen molar-refractivity contribution in [1.29, 1.82) is 0 Å². The first-order valence-electron chi connectivity index (χ1n) is 9.19. The summed E-state index contributed by atoms with van der Waals surface area (Å²) < 4.78 is 5.00. The molecule has 0 fully saturated rings. The molecule has 0 aliphatic rings. The molecule has 1 aromatic heterocycles. The Hall–Kier alpha value is -3.41. The zero-order valence-corrected chi connectivity index (χ0v) is 16.5. The lowest BCUT2D eigenvalue weighted by Gasteiger charge is -2.11. The molecule has 0 unspecified atom stereocenters. The van der Waals surface area contributed by atoms with Gasteiger partial charge in [-0.3, -0.25) is 0 Å². The van der Waals surface area contributed by atoms with Crippen LogP contribution in [0.25, 0.3) is 0 Å². The molecule has 28 heavy (non-hydrogen) atoms. The number of carbonyl (C=O) groups excluding carboxylic acids is 1. The number of nitrogens with zero attached hydrogens (tertiary/aromatic N) is 2. The standard InChI is InChI=1S/C22H24N4O2/c1-5-28-21(27)17-7-10-18(11-8-17)25-22-23-16(4)13-20(26-22)24-19-9-6-14(2)15(3)12-19/h6-13H,5H2,1-4H3,(H2,23,24,25,26). The number of hydrogen-bond acceptors (Lipinski definition) is 6. The number of hydrogen-bond donors (Lipinski definition) is 2. The molecule has 0 saturated heterocycles. The molecule has 2 N–H and O–H groups in total. The van der Waals surface area contributed by atoms with Gasteiger partial charge in [-0.05, 0) is 75.2 Å². The van der Waals surface area contributed by atoms with E-state index in [2.05, 4.69) is 46.6 Å². The lowest BCUT2D eigenvalue weighted by Crippen LogP contribution is -2.05. The molecule has 1 heterocycles. The number of aromatic nitrogens is 2. The van der Waals surface area contributed by atoms with Crippen LogP contribution in [0.1, 0.15) is 34.1 Å². The highest BCUT2D eigenvalue weighted by Gasteiger charge is 2.07. The molecule has 0 bridgehead atoms. The molecule has 3 aromatic rings. The SMILES string of the molecule is CCOC(=O)c1ccc(Nc2nc(C)cc(Nc3ccc(C)c(C)c3)n2)cc1. The molecule has 144 valence electrons. The summed E-state index contributed by atoms with van der Waals surface area (Å²) in [5.74, 6) is 0.859. The van der Waals surface area contributed by atoms with E-state index >= 15 is 0 Å². The molecule has 2 aromatic carbocycles. The van der Waals surface area contributed by atoms with E-state index in [4.69, 9.17) is 4.74 Å². The lowest BCUT2D eigenvalue weighted by atomic mass is 10.1. The Morgan fingerprint density at radius 3 is 2.29 bits per heavy atom. The van der Waals surface area contributed by atoms with Crippen molar-refractivity contribution in [3.8, 4) is 0 Å². The number of nitrogens with one attached hydrogen (secondary N) is 2. The molecule has 3 rings (SSSR count). The zero-order valence-electron chi connectivity index (χ0n) is 16.5. The maximum absolute atomic E-state index is 11.7. The number of rotatable bonds is 6. The fourth-order valence-corrected chi connectivity index (χ4v) is 2.69. The van der Waals surface area contributed by atoms with Gasteiger partial charge in [-0.1, -0.05) is 6.07 Å². The third-order valence-electron chi connectivity index (χ3n) is 4.29. The summed E-state index contributed by atoms with van der Waals surface area (Å²) in [5, 5.41) is 6.50. The van der Waals surface area contributed by atoms with Gasteiger partial charge in [-0.2, -0.15) is 4.98 Å². The second kappa shape index (κ2) is 8.52. The van der Waals surface area contributed by atoms with Crippen LogP contribution >= 0.6 is 0 Å². The van der Waals surface area contributed by atoms with E-state index in [1.807, 2.05) is 19.1 Å². The predicted octanol–water partition coefficient (Wildman–Crippen LogP) is 5.07. The molecule has 0 spiro atoms. The Bertz CT molecular complexity index is 984. The van der Waals surface area contributed by atoms with E-state index in [1.54, 1.807) is 31.2 Å². The number of carbonyl (C=O) groups is 1. The molecular formula is C22H24N4O2. The predicted molar refractivity (Wildman–Crippen MR) is 112 cm³/mol. The first-order chi connectivity index (χ1) is 13.4. The van der Waals surface area contributed by atoms with E-state index in [1.165, 1.54) is 11.1 Å². The highest BCUT2D eigenvalue weighted by atomic mass is 16.5. The molecule has 0 radical (unpaired) electrons. The summed E-state index contributed by atoms with van der Waals surface area (Å²) >= 11 is 0. The third kappa shape index (κ3) is 4.85. The van der Waals surface area contributed by atoms with Gasteiger partial charge in [0.05, 0.1) is 12.2 Å². The molecule has 0 aliphatic carbocycles. The van der Waals surface area contributed by atoms with Gasteiger partial charge in [0.15, 0.2) is 0 Å². The van der Waals surface area contributed by atoms with Crippen LogP contribution in [0.15, 0.2) is 48.5 Å². The Labute approximate surface area is 165 Å². The van der Waals surface area contributed by atoms with Gasteiger partial charge in [0.1, 0.15) is 5.82 Å². The molecule has 0 atom stereocenters. The minimum atomic E-state index is -0.333. The second-order valence-electron chi connectivity index (χ2n) is 6.57. The van der Waals surface area contributed by atoms with E-state index in [-0.39, 0.29) is 5.97 Å². The summed E-state index contributed by atoms with van der Waals surface area (Å²) in [4.78, 5) is 20.7. The third-order valence-corrected chi connectivity index (χ3v) is 4.29. The first kappa shape index (κ1) is 19.4. The van der Waals surface area contributed by atoms with E-state index in [0.717, 1.165) is 17.1 Å². The summed E-state index contributed by atoms with van der Waals surface area (Å²) in [7, 11) is 0. The van der Waals surface area contributed by atoms with Crippen molar-refractivity contribution in [2.75, 3.05) is 17.2 Å². The van der Waals surface area contributed by atoms with Crippen LogP contribution in [0.2, 0.25) is 0 Å². The fraction of sp³-hybridized carbons (Fsp3) is 0.227. The highest BCUT2D eigenvalue weighted by Crippen LogP contribution is 2.21. The lowest BCUT2D eigenvalue weighted by molar-refractivity contribution is 0.0526. The molecule has 6 heteroatoms.